The molecule has 1 unspecified atom stereocenters. The molecular formula is C37H44ClN9O4. The molecule has 2 fully saturated rings. The summed E-state index contributed by atoms with van der Waals surface area (Å²) in [5.41, 5.74) is 5.86. The highest BCUT2D eigenvalue weighted by Gasteiger charge is 2.23. The van der Waals surface area contributed by atoms with E-state index in [9.17, 15) is 14.4 Å². The maximum Gasteiger partial charge on any atom is 0.291 e. The van der Waals surface area contributed by atoms with E-state index < -0.39 is 0 Å². The van der Waals surface area contributed by atoms with E-state index in [4.69, 9.17) is 21.3 Å². The van der Waals surface area contributed by atoms with E-state index in [2.05, 4.69) is 31.2 Å². The first kappa shape index (κ1) is 36.0. The Kier molecular flexibility index (Phi) is 11.3. The molecule has 6 rings (SSSR count). The number of amides is 3. The van der Waals surface area contributed by atoms with Gasteiger partial charge in [0, 0.05) is 93.8 Å². The Morgan fingerprint density at radius 3 is 2.59 bits per heavy atom. The van der Waals surface area contributed by atoms with Crippen molar-refractivity contribution >= 4 is 35.0 Å². The lowest BCUT2D eigenvalue weighted by Gasteiger charge is -2.31. The van der Waals surface area contributed by atoms with Crippen molar-refractivity contribution in [3.63, 3.8) is 0 Å². The van der Waals surface area contributed by atoms with Gasteiger partial charge in [-0.3, -0.25) is 19.4 Å². The summed E-state index contributed by atoms with van der Waals surface area (Å²) in [6.07, 6.45) is 6.58. The molecule has 0 bridgehead atoms. The van der Waals surface area contributed by atoms with E-state index in [0.717, 1.165) is 54.7 Å². The second-order valence-corrected chi connectivity index (χ2v) is 13.4. The fraction of sp³-hybridized carbons (Fsp3) is 0.405. The summed E-state index contributed by atoms with van der Waals surface area (Å²) in [7, 11) is 3.42. The molecule has 268 valence electrons. The van der Waals surface area contributed by atoms with Crippen LogP contribution in [0.4, 0.5) is 5.69 Å². The minimum atomic E-state index is -0.328. The molecule has 2 aliphatic heterocycles. The number of hydrogen-bond donors (Lipinski definition) is 4. The zero-order chi connectivity index (χ0) is 36.1. The molecule has 2 saturated heterocycles. The highest BCUT2D eigenvalue weighted by molar-refractivity contribution is 6.35. The number of piperidine rings is 1. The highest BCUT2D eigenvalue weighted by Crippen LogP contribution is 2.38. The number of aromatic nitrogens is 4. The van der Waals surface area contributed by atoms with Crippen LogP contribution in [0.15, 0.2) is 48.8 Å². The third kappa shape index (κ3) is 8.22. The van der Waals surface area contributed by atoms with Crippen molar-refractivity contribution in [2.75, 3.05) is 32.1 Å². The van der Waals surface area contributed by atoms with Gasteiger partial charge in [0.1, 0.15) is 0 Å². The summed E-state index contributed by atoms with van der Waals surface area (Å²) in [5, 5.41) is 13.4. The number of anilines is 1. The lowest BCUT2D eigenvalue weighted by atomic mass is 10.0. The largest absolute Gasteiger partial charge is 0.481 e. The molecule has 5 heterocycles. The molecule has 14 heteroatoms. The zero-order valence-corrected chi connectivity index (χ0v) is 30.1. The van der Waals surface area contributed by atoms with Crippen molar-refractivity contribution in [2.24, 2.45) is 7.05 Å². The first-order chi connectivity index (χ1) is 24.6. The van der Waals surface area contributed by atoms with Gasteiger partial charge in [0.25, 0.3) is 5.91 Å². The predicted octanol–water partition coefficient (Wildman–Crippen LogP) is 4.24. The van der Waals surface area contributed by atoms with E-state index in [-0.39, 0.29) is 23.8 Å². The van der Waals surface area contributed by atoms with Gasteiger partial charge in [-0.15, -0.1) is 0 Å². The summed E-state index contributed by atoms with van der Waals surface area (Å²) < 4.78 is 7.43. The normalized spacial score (nSPS) is 16.3. The van der Waals surface area contributed by atoms with Crippen LogP contribution in [0, 0.1) is 6.92 Å². The standard InChI is InChI=1S/C37H44ClN9O4/c1-22-28(6-5-7-30(22)44-36(50)35-42-21-27(46(35)3)20-41-25-13-16-47(17-14-25)23(2)48)34-33(38)29(12-15-40-34)31-10-8-24(37(45-31)51-4)18-39-19-26-9-11-32(49)43-26/h5-8,10,12,15,21,25-26,39,41H,9,11,13-14,16-20H2,1-4H3,(H,43,49)(H,44,50). The number of imidazole rings is 1. The van der Waals surface area contributed by atoms with E-state index in [0.29, 0.717) is 71.5 Å². The minimum absolute atomic E-state index is 0.0912. The molecule has 4 N–H and O–H groups in total. The molecule has 0 spiro atoms. The number of halogens is 1. The third-order valence-corrected chi connectivity index (χ3v) is 10.1. The fourth-order valence-corrected chi connectivity index (χ4v) is 6.96. The Morgan fingerprint density at radius 2 is 1.86 bits per heavy atom. The van der Waals surface area contributed by atoms with Crippen LogP contribution in [0.2, 0.25) is 5.02 Å². The second-order valence-electron chi connectivity index (χ2n) is 13.0. The highest BCUT2D eigenvalue weighted by atomic mass is 35.5. The molecule has 0 aliphatic carbocycles. The summed E-state index contributed by atoms with van der Waals surface area (Å²) in [5.74, 6) is 0.653. The van der Waals surface area contributed by atoms with Gasteiger partial charge in [0.15, 0.2) is 5.82 Å². The number of ether oxygens (including phenoxy) is 1. The van der Waals surface area contributed by atoms with Crippen molar-refractivity contribution in [1.29, 1.82) is 0 Å². The molecule has 2 aliphatic rings. The average molecular weight is 714 g/mol. The Bertz CT molecular complexity index is 1920. The van der Waals surface area contributed by atoms with Gasteiger partial charge in [0.05, 0.1) is 35.4 Å². The smallest absolute Gasteiger partial charge is 0.291 e. The number of pyridine rings is 2. The lowest BCUT2D eigenvalue weighted by Crippen LogP contribution is -2.44. The van der Waals surface area contributed by atoms with E-state index in [1.807, 2.05) is 55.3 Å². The Balaban J connectivity index is 1.13. The fourth-order valence-electron chi connectivity index (χ4n) is 6.64. The van der Waals surface area contributed by atoms with Crippen LogP contribution in [0.3, 0.4) is 0 Å². The van der Waals surface area contributed by atoms with Crippen molar-refractivity contribution in [3.8, 4) is 28.4 Å². The maximum atomic E-state index is 13.5. The molecule has 51 heavy (non-hydrogen) atoms. The topological polar surface area (TPSA) is 155 Å². The molecule has 0 saturated carbocycles. The van der Waals surface area contributed by atoms with Gasteiger partial charge in [-0.1, -0.05) is 29.8 Å². The molecular weight excluding hydrogens is 670 g/mol. The summed E-state index contributed by atoms with van der Waals surface area (Å²) >= 11 is 7.02. The van der Waals surface area contributed by atoms with Crippen LogP contribution in [-0.2, 0) is 29.7 Å². The predicted molar refractivity (Wildman–Crippen MR) is 195 cm³/mol. The second kappa shape index (κ2) is 16.0. The van der Waals surface area contributed by atoms with Crippen LogP contribution in [0.1, 0.15) is 60.0 Å². The summed E-state index contributed by atoms with van der Waals surface area (Å²) in [6.45, 7) is 6.79. The van der Waals surface area contributed by atoms with Gasteiger partial charge in [-0.25, -0.2) is 9.97 Å². The lowest BCUT2D eigenvalue weighted by molar-refractivity contribution is -0.130. The zero-order valence-electron chi connectivity index (χ0n) is 29.4. The summed E-state index contributed by atoms with van der Waals surface area (Å²) in [6, 6.07) is 11.7. The average Bonchev–Trinajstić information content (AvgIpc) is 3.72. The molecule has 1 aromatic carbocycles. The molecule has 3 aromatic heterocycles. The monoisotopic (exact) mass is 713 g/mol. The van der Waals surface area contributed by atoms with Gasteiger partial charge in [-0.05, 0) is 49.9 Å². The first-order valence-corrected chi connectivity index (χ1v) is 17.6. The number of hydrogen-bond acceptors (Lipinski definition) is 9. The number of rotatable bonds is 12. The number of methoxy groups -OCH3 is 1. The number of likely N-dealkylation sites (tertiary alicyclic amines) is 1. The van der Waals surface area contributed by atoms with Crippen molar-refractivity contribution in [3.05, 3.63) is 76.5 Å². The van der Waals surface area contributed by atoms with E-state index in [1.54, 1.807) is 31.0 Å². The van der Waals surface area contributed by atoms with Gasteiger partial charge >= 0.3 is 0 Å². The van der Waals surface area contributed by atoms with Crippen LogP contribution in [-0.4, -0.2) is 81.0 Å². The Hall–Kier alpha value is -4.85. The number of nitrogens with zero attached hydrogens (tertiary/aromatic N) is 5. The molecule has 0 radical (unpaired) electrons. The number of carbonyl (C=O) groups is 3. The molecule has 3 amide bonds. The van der Waals surface area contributed by atoms with Crippen LogP contribution in [0.5, 0.6) is 5.88 Å². The molecule has 1 atom stereocenters. The Morgan fingerprint density at radius 1 is 1.06 bits per heavy atom. The SMILES string of the molecule is COc1nc(-c2ccnc(-c3cccc(NC(=O)c4ncc(CNC5CCN(C(C)=O)CC5)n4C)c3C)c2Cl)ccc1CNCC1CCC(=O)N1. The molecule has 4 aromatic rings. The van der Waals surface area contributed by atoms with E-state index in [1.165, 1.54) is 0 Å². The van der Waals surface area contributed by atoms with Gasteiger partial charge < -0.3 is 35.5 Å². The van der Waals surface area contributed by atoms with Crippen LogP contribution in [0.25, 0.3) is 22.5 Å². The Labute approximate surface area is 302 Å². The minimum Gasteiger partial charge on any atom is -0.481 e. The van der Waals surface area contributed by atoms with Crippen LogP contribution >= 0.6 is 11.6 Å². The summed E-state index contributed by atoms with van der Waals surface area (Å²) in [4.78, 5) is 52.3. The van der Waals surface area contributed by atoms with Crippen LogP contribution < -0.4 is 26.0 Å². The first-order valence-electron chi connectivity index (χ1n) is 17.2. The van der Waals surface area contributed by atoms with Crippen molar-refractivity contribution in [1.82, 2.24) is 40.4 Å². The van der Waals surface area contributed by atoms with Gasteiger partial charge in [-0.2, -0.15) is 0 Å². The quantitative estimate of drug-likeness (QED) is 0.169. The maximum absolute atomic E-state index is 13.5. The molecule has 13 nitrogen and oxygen atoms in total. The van der Waals surface area contributed by atoms with E-state index >= 15 is 0 Å². The number of nitrogens with one attached hydrogen (secondary N) is 4. The number of carbonyl (C=O) groups excluding carboxylic acids is 3. The van der Waals surface area contributed by atoms with Crippen molar-refractivity contribution < 1.29 is 19.1 Å². The van der Waals surface area contributed by atoms with Gasteiger partial charge in [0.2, 0.25) is 17.7 Å². The number of benzene rings is 1. The third-order valence-electron chi connectivity index (χ3n) is 9.73. The van der Waals surface area contributed by atoms with Crippen molar-refractivity contribution in [2.45, 2.75) is 64.7 Å².